The number of amides is 2. The number of ether oxygens (including phenoxy) is 1. The number of hydrogen-bond donors (Lipinski definition) is 4. The van der Waals surface area contributed by atoms with E-state index >= 15 is 0 Å². The summed E-state index contributed by atoms with van der Waals surface area (Å²) >= 11 is 0. The molecule has 0 saturated carbocycles. The average molecular weight is 359 g/mol. The Morgan fingerprint density at radius 3 is 2.71 bits per heavy atom. The van der Waals surface area contributed by atoms with Gasteiger partial charge in [-0.2, -0.15) is 0 Å². The normalized spacial score (nSPS) is 20.8. The van der Waals surface area contributed by atoms with E-state index in [1.165, 1.54) is 24.1 Å². The number of anilines is 2. The van der Waals surface area contributed by atoms with E-state index in [-0.39, 0.29) is 12.2 Å². The van der Waals surface area contributed by atoms with Gasteiger partial charge in [-0.3, -0.25) is 4.72 Å². The van der Waals surface area contributed by atoms with Crippen LogP contribution in [0.3, 0.4) is 0 Å². The van der Waals surface area contributed by atoms with Crippen LogP contribution in [0.25, 0.3) is 0 Å². The minimum Gasteiger partial charge on any atom is -0.495 e. The number of β-amino-alcohol motifs (C(OH)–C–C–N with tert-alkyl or cyclic N) is 1. The summed E-state index contributed by atoms with van der Waals surface area (Å²) in [6, 6.07) is 4.08. The fourth-order valence-electron chi connectivity index (χ4n) is 2.43. The molecule has 0 radical (unpaired) electrons. The van der Waals surface area contributed by atoms with Crippen LogP contribution in [0.2, 0.25) is 0 Å². The molecule has 10 heteroatoms. The SMILES string of the molecule is COc1ccc(NC(=O)N2CC[C@](O)(CO)C2)cc1NS(C)(=O)=O. The molecule has 134 valence electrons. The lowest BCUT2D eigenvalue weighted by molar-refractivity contribution is -0.00246. The van der Waals surface area contributed by atoms with Crippen molar-refractivity contribution in [3.63, 3.8) is 0 Å². The van der Waals surface area contributed by atoms with Crippen LogP contribution < -0.4 is 14.8 Å². The first-order valence-electron chi connectivity index (χ1n) is 7.21. The van der Waals surface area contributed by atoms with Crippen LogP contribution >= 0.6 is 0 Å². The van der Waals surface area contributed by atoms with Crippen LogP contribution in [0.4, 0.5) is 16.2 Å². The van der Waals surface area contributed by atoms with E-state index in [9.17, 15) is 18.3 Å². The van der Waals surface area contributed by atoms with Gasteiger partial charge in [-0.15, -0.1) is 0 Å². The standard InChI is InChI=1S/C14H21N3O6S/c1-23-12-4-3-10(7-11(12)16-24(2,21)22)15-13(19)17-6-5-14(20,8-17)9-18/h3-4,7,16,18,20H,5-6,8-9H2,1-2H3,(H,15,19)/t14-/m1/s1. The molecular formula is C14H21N3O6S. The molecule has 1 aromatic rings. The largest absolute Gasteiger partial charge is 0.495 e. The van der Waals surface area contributed by atoms with Crippen molar-refractivity contribution in [2.24, 2.45) is 0 Å². The maximum atomic E-state index is 12.2. The molecule has 2 rings (SSSR count). The van der Waals surface area contributed by atoms with Gasteiger partial charge in [0.05, 0.1) is 32.2 Å². The second kappa shape index (κ2) is 6.83. The smallest absolute Gasteiger partial charge is 0.321 e. The minimum absolute atomic E-state index is 0.0277. The summed E-state index contributed by atoms with van der Waals surface area (Å²) in [6.07, 6.45) is 1.30. The van der Waals surface area contributed by atoms with Gasteiger partial charge >= 0.3 is 6.03 Å². The second-order valence-electron chi connectivity index (χ2n) is 5.77. The molecule has 0 unspecified atom stereocenters. The number of likely N-dealkylation sites (tertiary alicyclic amines) is 1. The third-order valence-electron chi connectivity index (χ3n) is 3.66. The zero-order valence-electron chi connectivity index (χ0n) is 13.4. The number of aliphatic hydroxyl groups excluding tert-OH is 1. The van der Waals surface area contributed by atoms with Crippen LogP contribution in [-0.4, -0.2) is 68.2 Å². The van der Waals surface area contributed by atoms with Crippen molar-refractivity contribution >= 4 is 27.4 Å². The van der Waals surface area contributed by atoms with Gasteiger partial charge in [0.1, 0.15) is 11.4 Å². The van der Waals surface area contributed by atoms with Gasteiger partial charge < -0.3 is 25.2 Å². The molecule has 1 aromatic carbocycles. The predicted molar refractivity (Wildman–Crippen MR) is 88.7 cm³/mol. The van der Waals surface area contributed by atoms with E-state index < -0.39 is 28.3 Å². The van der Waals surface area contributed by atoms with Crippen molar-refractivity contribution in [2.75, 3.05) is 43.1 Å². The lowest BCUT2D eigenvalue weighted by Crippen LogP contribution is -2.40. The monoisotopic (exact) mass is 359 g/mol. The van der Waals surface area contributed by atoms with E-state index in [0.29, 0.717) is 24.4 Å². The molecular weight excluding hydrogens is 338 g/mol. The first kappa shape index (κ1) is 18.3. The first-order chi connectivity index (χ1) is 11.2. The third kappa shape index (κ3) is 4.49. The van der Waals surface area contributed by atoms with E-state index in [0.717, 1.165) is 6.26 Å². The summed E-state index contributed by atoms with van der Waals surface area (Å²) in [5, 5.41) is 21.7. The number of urea groups is 1. The Labute approximate surface area is 140 Å². The quantitative estimate of drug-likeness (QED) is 0.587. The van der Waals surface area contributed by atoms with Gasteiger partial charge in [0.25, 0.3) is 0 Å². The van der Waals surface area contributed by atoms with Crippen LogP contribution in [0, 0.1) is 0 Å². The van der Waals surface area contributed by atoms with Crippen LogP contribution in [0.1, 0.15) is 6.42 Å². The number of carbonyl (C=O) groups excluding carboxylic acids is 1. The maximum absolute atomic E-state index is 12.2. The number of nitrogens with one attached hydrogen (secondary N) is 2. The van der Waals surface area contributed by atoms with Gasteiger partial charge in [0.2, 0.25) is 10.0 Å². The highest BCUT2D eigenvalue weighted by Gasteiger charge is 2.37. The van der Waals surface area contributed by atoms with Crippen LogP contribution in [0.5, 0.6) is 5.75 Å². The number of nitrogens with zero attached hydrogens (tertiary/aromatic N) is 1. The van der Waals surface area contributed by atoms with Crippen molar-refractivity contribution < 1.29 is 28.2 Å². The van der Waals surface area contributed by atoms with Gasteiger partial charge in [-0.25, -0.2) is 13.2 Å². The van der Waals surface area contributed by atoms with Crippen molar-refractivity contribution in [3.05, 3.63) is 18.2 Å². The average Bonchev–Trinajstić information content (AvgIpc) is 2.89. The fraction of sp³-hybridized carbons (Fsp3) is 0.500. The Bertz CT molecular complexity index is 723. The molecule has 0 spiro atoms. The molecule has 2 amide bonds. The van der Waals surface area contributed by atoms with E-state index in [4.69, 9.17) is 9.84 Å². The number of hydrogen-bond acceptors (Lipinski definition) is 6. The molecule has 0 aromatic heterocycles. The van der Waals surface area contributed by atoms with Gasteiger partial charge in [-0.05, 0) is 24.6 Å². The lowest BCUT2D eigenvalue weighted by atomic mass is 10.1. The third-order valence-corrected chi connectivity index (χ3v) is 4.25. The van der Waals surface area contributed by atoms with Crippen molar-refractivity contribution in [3.8, 4) is 5.75 Å². The molecule has 1 heterocycles. The first-order valence-corrected chi connectivity index (χ1v) is 9.10. The number of aliphatic hydroxyl groups is 2. The van der Waals surface area contributed by atoms with Crippen molar-refractivity contribution in [2.45, 2.75) is 12.0 Å². The Morgan fingerprint density at radius 1 is 1.46 bits per heavy atom. The number of methoxy groups -OCH3 is 1. The highest BCUT2D eigenvalue weighted by Crippen LogP contribution is 2.29. The number of sulfonamides is 1. The summed E-state index contributed by atoms with van der Waals surface area (Å²) in [7, 11) is -2.10. The molecule has 1 aliphatic heterocycles. The topological polar surface area (TPSA) is 128 Å². The Hall–Kier alpha value is -2.04. The van der Waals surface area contributed by atoms with E-state index in [2.05, 4.69) is 10.0 Å². The molecule has 0 aliphatic carbocycles. The number of rotatable bonds is 5. The molecule has 1 fully saturated rings. The predicted octanol–water partition coefficient (Wildman–Crippen LogP) is 0.0277. The molecule has 24 heavy (non-hydrogen) atoms. The Balaban J connectivity index is 2.12. The van der Waals surface area contributed by atoms with Crippen molar-refractivity contribution in [1.82, 2.24) is 4.90 Å². The maximum Gasteiger partial charge on any atom is 0.321 e. The fourth-order valence-corrected chi connectivity index (χ4v) is 2.99. The Kier molecular flexibility index (Phi) is 5.21. The zero-order valence-corrected chi connectivity index (χ0v) is 14.3. The molecule has 1 aliphatic rings. The van der Waals surface area contributed by atoms with Crippen molar-refractivity contribution in [1.29, 1.82) is 0 Å². The number of carbonyl (C=O) groups is 1. The van der Waals surface area contributed by atoms with Crippen LogP contribution in [0.15, 0.2) is 18.2 Å². The molecule has 9 nitrogen and oxygen atoms in total. The lowest BCUT2D eigenvalue weighted by Gasteiger charge is -2.21. The van der Waals surface area contributed by atoms with E-state index in [1.54, 1.807) is 6.07 Å². The minimum atomic E-state index is -3.50. The van der Waals surface area contributed by atoms with E-state index in [1.807, 2.05) is 0 Å². The summed E-state index contributed by atoms with van der Waals surface area (Å²) < 4.78 is 30.2. The number of benzene rings is 1. The van der Waals surface area contributed by atoms with Gasteiger partial charge in [-0.1, -0.05) is 0 Å². The summed E-state index contributed by atoms with van der Waals surface area (Å²) in [5.41, 5.74) is -0.710. The second-order valence-corrected chi connectivity index (χ2v) is 7.52. The molecule has 4 N–H and O–H groups in total. The molecule has 1 saturated heterocycles. The zero-order chi connectivity index (χ0) is 18.0. The van der Waals surface area contributed by atoms with Crippen LogP contribution in [-0.2, 0) is 10.0 Å². The van der Waals surface area contributed by atoms with Gasteiger partial charge in [0, 0.05) is 12.2 Å². The highest BCUT2D eigenvalue weighted by molar-refractivity contribution is 7.92. The molecule has 1 atom stereocenters. The summed E-state index contributed by atoms with van der Waals surface area (Å²) in [5.74, 6) is 0.314. The Morgan fingerprint density at radius 2 is 2.17 bits per heavy atom. The summed E-state index contributed by atoms with van der Waals surface area (Å²) in [6.45, 7) is -0.0742. The highest BCUT2D eigenvalue weighted by atomic mass is 32.2. The molecule has 0 bridgehead atoms. The summed E-state index contributed by atoms with van der Waals surface area (Å²) in [4.78, 5) is 13.6. The van der Waals surface area contributed by atoms with Gasteiger partial charge in [0.15, 0.2) is 0 Å².